The van der Waals surface area contributed by atoms with Crippen molar-refractivity contribution >= 4 is 5.65 Å². The first kappa shape index (κ1) is 11.7. The Balaban J connectivity index is 2.14. The number of para-hydroxylation sites is 1. The van der Waals surface area contributed by atoms with Gasteiger partial charge in [-0.25, -0.2) is 9.97 Å². The smallest absolute Gasteiger partial charge is 0.140 e. The molecule has 19 heavy (non-hydrogen) atoms. The van der Waals surface area contributed by atoms with Gasteiger partial charge in [-0.15, -0.1) is 0 Å². The number of nitrogens with zero attached hydrogens (tertiary/aromatic N) is 3. The van der Waals surface area contributed by atoms with Gasteiger partial charge >= 0.3 is 0 Å². The van der Waals surface area contributed by atoms with Crippen molar-refractivity contribution < 1.29 is 4.74 Å². The van der Waals surface area contributed by atoms with Crippen LogP contribution in [0.25, 0.3) is 16.9 Å². The minimum Gasteiger partial charge on any atom is -0.496 e. The number of hydrogen-bond acceptors (Lipinski definition) is 4. The maximum atomic E-state index is 5.59. The van der Waals surface area contributed by atoms with E-state index in [1.54, 1.807) is 13.4 Å². The second-order valence-corrected chi connectivity index (χ2v) is 4.18. The quantitative estimate of drug-likeness (QED) is 0.774. The van der Waals surface area contributed by atoms with E-state index in [4.69, 9.17) is 10.5 Å². The second-order valence-electron chi connectivity index (χ2n) is 4.18. The van der Waals surface area contributed by atoms with Crippen molar-refractivity contribution in [1.82, 2.24) is 14.4 Å². The van der Waals surface area contributed by atoms with Crippen LogP contribution in [0.15, 0.2) is 42.9 Å². The Hall–Kier alpha value is -2.40. The largest absolute Gasteiger partial charge is 0.496 e. The van der Waals surface area contributed by atoms with Gasteiger partial charge in [0, 0.05) is 24.4 Å². The van der Waals surface area contributed by atoms with Gasteiger partial charge in [-0.1, -0.05) is 12.1 Å². The van der Waals surface area contributed by atoms with Crippen LogP contribution in [-0.4, -0.2) is 21.5 Å². The van der Waals surface area contributed by atoms with Crippen molar-refractivity contribution in [2.75, 3.05) is 7.11 Å². The van der Waals surface area contributed by atoms with Crippen LogP contribution in [0.1, 0.15) is 5.69 Å². The van der Waals surface area contributed by atoms with Gasteiger partial charge in [0.2, 0.25) is 0 Å². The Labute approximate surface area is 110 Å². The van der Waals surface area contributed by atoms with Gasteiger partial charge in [0.15, 0.2) is 0 Å². The Morgan fingerprint density at radius 3 is 2.95 bits per heavy atom. The molecule has 96 valence electrons. The Morgan fingerprint density at radius 2 is 2.16 bits per heavy atom. The van der Waals surface area contributed by atoms with Crippen LogP contribution >= 0.6 is 0 Å². The topological polar surface area (TPSA) is 65.4 Å². The average molecular weight is 254 g/mol. The summed E-state index contributed by atoms with van der Waals surface area (Å²) in [6, 6.07) is 9.71. The summed E-state index contributed by atoms with van der Waals surface area (Å²) < 4.78 is 7.21. The third-order valence-electron chi connectivity index (χ3n) is 2.99. The number of nitrogens with two attached hydrogens (primary N) is 1. The van der Waals surface area contributed by atoms with E-state index in [-0.39, 0.29) is 0 Å². The van der Waals surface area contributed by atoms with Gasteiger partial charge < -0.3 is 10.5 Å². The van der Waals surface area contributed by atoms with Crippen LogP contribution in [0.4, 0.5) is 0 Å². The van der Waals surface area contributed by atoms with E-state index in [9.17, 15) is 0 Å². The molecule has 0 fully saturated rings. The number of methoxy groups -OCH3 is 1. The normalized spacial score (nSPS) is 10.8. The molecule has 0 unspecified atom stereocenters. The molecule has 3 rings (SSSR count). The lowest BCUT2D eigenvalue weighted by atomic mass is 10.1. The van der Waals surface area contributed by atoms with E-state index < -0.39 is 0 Å². The van der Waals surface area contributed by atoms with Crippen LogP contribution in [0.3, 0.4) is 0 Å². The van der Waals surface area contributed by atoms with E-state index in [2.05, 4.69) is 9.97 Å². The summed E-state index contributed by atoms with van der Waals surface area (Å²) in [7, 11) is 1.65. The third kappa shape index (κ3) is 2.04. The highest BCUT2D eigenvalue weighted by molar-refractivity contribution is 5.69. The molecule has 0 aliphatic rings. The number of aromatic nitrogens is 3. The first-order chi connectivity index (χ1) is 9.31. The molecule has 5 nitrogen and oxygen atoms in total. The SMILES string of the molecule is COc1ccccc1-c1cc2nc(CN)cn2cn1. The minimum atomic E-state index is 0.422. The summed E-state index contributed by atoms with van der Waals surface area (Å²) in [4.78, 5) is 8.87. The van der Waals surface area contributed by atoms with E-state index >= 15 is 0 Å². The van der Waals surface area contributed by atoms with Crippen molar-refractivity contribution in [2.45, 2.75) is 6.54 Å². The average Bonchev–Trinajstić information content (AvgIpc) is 2.89. The van der Waals surface area contributed by atoms with Gasteiger partial charge in [0.1, 0.15) is 17.7 Å². The predicted octanol–water partition coefficient (Wildman–Crippen LogP) is 1.86. The molecule has 0 bridgehead atoms. The molecule has 5 heteroatoms. The molecule has 2 aromatic heterocycles. The first-order valence-corrected chi connectivity index (χ1v) is 5.99. The molecule has 0 spiro atoms. The molecule has 0 amide bonds. The lowest BCUT2D eigenvalue weighted by Gasteiger charge is -2.07. The van der Waals surface area contributed by atoms with Crippen molar-refractivity contribution in [3.8, 4) is 17.0 Å². The monoisotopic (exact) mass is 254 g/mol. The second kappa shape index (κ2) is 4.70. The fourth-order valence-electron chi connectivity index (χ4n) is 2.05. The van der Waals surface area contributed by atoms with E-state index in [1.165, 1.54) is 0 Å². The molecule has 3 aromatic rings. The van der Waals surface area contributed by atoms with Crippen molar-refractivity contribution in [1.29, 1.82) is 0 Å². The molecule has 2 heterocycles. The van der Waals surface area contributed by atoms with Crippen LogP contribution < -0.4 is 10.5 Å². The van der Waals surface area contributed by atoms with Crippen molar-refractivity contribution in [3.63, 3.8) is 0 Å². The van der Waals surface area contributed by atoms with Gasteiger partial charge in [-0.2, -0.15) is 0 Å². The molecular formula is C14H14N4O. The van der Waals surface area contributed by atoms with Crippen LogP contribution in [0.5, 0.6) is 5.75 Å². The van der Waals surface area contributed by atoms with E-state index in [0.717, 1.165) is 28.3 Å². The molecule has 0 aliphatic heterocycles. The molecule has 0 atom stereocenters. The highest BCUT2D eigenvalue weighted by Gasteiger charge is 2.08. The molecule has 0 aliphatic carbocycles. The van der Waals surface area contributed by atoms with Crippen LogP contribution in [-0.2, 0) is 6.54 Å². The summed E-state index contributed by atoms with van der Waals surface area (Å²) in [5, 5.41) is 0. The third-order valence-corrected chi connectivity index (χ3v) is 2.99. The summed E-state index contributed by atoms with van der Waals surface area (Å²) in [5.41, 5.74) is 9.05. The predicted molar refractivity (Wildman–Crippen MR) is 72.9 cm³/mol. The van der Waals surface area contributed by atoms with Crippen LogP contribution in [0.2, 0.25) is 0 Å². The zero-order valence-corrected chi connectivity index (χ0v) is 10.6. The number of hydrogen-bond donors (Lipinski definition) is 1. The Morgan fingerprint density at radius 1 is 1.32 bits per heavy atom. The number of benzene rings is 1. The van der Waals surface area contributed by atoms with Crippen molar-refractivity contribution in [2.24, 2.45) is 5.73 Å². The zero-order valence-electron chi connectivity index (χ0n) is 10.6. The molecule has 2 N–H and O–H groups in total. The Kier molecular flexibility index (Phi) is 2.89. The van der Waals surface area contributed by atoms with Gasteiger partial charge in [-0.05, 0) is 12.1 Å². The fourth-order valence-corrected chi connectivity index (χ4v) is 2.05. The highest BCUT2D eigenvalue weighted by Crippen LogP contribution is 2.28. The zero-order chi connectivity index (χ0) is 13.2. The van der Waals surface area contributed by atoms with E-state index in [0.29, 0.717) is 6.54 Å². The fraction of sp³-hybridized carbons (Fsp3) is 0.143. The number of rotatable bonds is 3. The molecule has 0 saturated carbocycles. The minimum absolute atomic E-state index is 0.422. The number of ether oxygens (including phenoxy) is 1. The summed E-state index contributed by atoms with van der Waals surface area (Å²) >= 11 is 0. The summed E-state index contributed by atoms with van der Waals surface area (Å²) in [6.45, 7) is 0.422. The van der Waals surface area contributed by atoms with Gasteiger partial charge in [-0.3, -0.25) is 4.40 Å². The molecule has 1 aromatic carbocycles. The van der Waals surface area contributed by atoms with Gasteiger partial charge in [0.05, 0.1) is 18.5 Å². The summed E-state index contributed by atoms with van der Waals surface area (Å²) in [6.07, 6.45) is 3.62. The van der Waals surface area contributed by atoms with Crippen molar-refractivity contribution in [3.05, 3.63) is 48.5 Å². The molecule has 0 radical (unpaired) electrons. The Bertz CT molecular complexity index is 720. The standard InChI is InChI=1S/C14H14N4O/c1-19-13-5-3-2-4-11(13)12-6-14-17-10(7-15)8-18(14)9-16-12/h2-6,8-9H,7,15H2,1H3. The number of fused-ring (bicyclic) bond motifs is 1. The van der Waals surface area contributed by atoms with Crippen LogP contribution in [0, 0.1) is 0 Å². The summed E-state index contributed by atoms with van der Waals surface area (Å²) in [5.74, 6) is 0.796. The number of imidazole rings is 1. The lowest BCUT2D eigenvalue weighted by Crippen LogP contribution is -1.95. The first-order valence-electron chi connectivity index (χ1n) is 5.99. The van der Waals surface area contributed by atoms with E-state index in [1.807, 2.05) is 40.9 Å². The lowest BCUT2D eigenvalue weighted by molar-refractivity contribution is 0.416. The van der Waals surface area contributed by atoms with Gasteiger partial charge in [0.25, 0.3) is 0 Å². The molecular weight excluding hydrogens is 240 g/mol. The maximum absolute atomic E-state index is 5.59. The molecule has 0 saturated heterocycles. The highest BCUT2D eigenvalue weighted by atomic mass is 16.5. The maximum Gasteiger partial charge on any atom is 0.140 e.